The fraction of sp³-hybridized carbons (Fsp3) is 0.520. The number of nitrogens with zero attached hydrogens (tertiary/aromatic N) is 3. The molecule has 2 aromatic rings. The molecule has 12 heteroatoms. The van der Waals surface area contributed by atoms with E-state index in [0.717, 1.165) is 16.7 Å². The zero-order chi connectivity index (χ0) is 26.6. The molecule has 0 bridgehead atoms. The number of hydrogen-bond acceptors (Lipinski definition) is 7. The first-order chi connectivity index (χ1) is 17.6. The third-order valence-corrected chi connectivity index (χ3v) is 6.23. The van der Waals surface area contributed by atoms with Gasteiger partial charge in [0.05, 0.1) is 25.9 Å². The molecule has 3 heterocycles. The molecule has 202 valence electrons. The van der Waals surface area contributed by atoms with Crippen LogP contribution < -0.4 is 15.0 Å². The number of urea groups is 1. The third kappa shape index (κ3) is 7.24. The summed E-state index contributed by atoms with van der Waals surface area (Å²) in [7, 11) is 0. The number of aryl methyl sites for hydroxylation is 1. The Morgan fingerprint density at radius 2 is 2.00 bits per heavy atom. The van der Waals surface area contributed by atoms with Crippen molar-refractivity contribution in [1.29, 1.82) is 0 Å². The Kier molecular flexibility index (Phi) is 8.40. The normalized spacial score (nSPS) is 19.1. The van der Waals surface area contributed by atoms with E-state index in [1.54, 1.807) is 19.1 Å². The number of carbonyl (C=O) groups is 1. The molecule has 0 radical (unpaired) electrons. The minimum Gasteiger partial charge on any atom is -0.472 e. The minimum atomic E-state index is -4.73. The van der Waals surface area contributed by atoms with Crippen molar-refractivity contribution in [3.63, 3.8) is 0 Å². The Morgan fingerprint density at radius 3 is 2.70 bits per heavy atom. The van der Waals surface area contributed by atoms with Crippen LogP contribution in [0.15, 0.2) is 30.3 Å². The Morgan fingerprint density at radius 1 is 1.24 bits per heavy atom. The maximum absolute atomic E-state index is 12.7. The summed E-state index contributed by atoms with van der Waals surface area (Å²) < 4.78 is 52.9. The predicted octanol–water partition coefficient (Wildman–Crippen LogP) is 3.80. The van der Waals surface area contributed by atoms with Crippen LogP contribution in [0.2, 0.25) is 0 Å². The Hall–Kier alpha value is -3.09. The van der Waals surface area contributed by atoms with Crippen LogP contribution >= 0.6 is 0 Å². The van der Waals surface area contributed by atoms with Crippen molar-refractivity contribution in [1.82, 2.24) is 9.88 Å². The van der Waals surface area contributed by atoms with Crippen LogP contribution in [0.25, 0.3) is 11.1 Å². The van der Waals surface area contributed by atoms with Gasteiger partial charge in [0.2, 0.25) is 5.88 Å². The van der Waals surface area contributed by atoms with Crippen molar-refractivity contribution in [2.45, 2.75) is 38.8 Å². The number of hydrogen-bond donors (Lipinski definition) is 2. The van der Waals surface area contributed by atoms with E-state index in [-0.39, 0.29) is 26.1 Å². The van der Waals surface area contributed by atoms with E-state index in [0.29, 0.717) is 43.7 Å². The van der Waals surface area contributed by atoms with Crippen molar-refractivity contribution >= 4 is 17.5 Å². The molecule has 2 N–H and O–H groups in total. The average Bonchev–Trinajstić information content (AvgIpc) is 3.32. The smallest absolute Gasteiger partial charge is 0.472 e. The van der Waals surface area contributed by atoms with Crippen LogP contribution in [0.4, 0.5) is 29.5 Å². The largest absolute Gasteiger partial charge is 0.522 e. The lowest BCUT2D eigenvalue weighted by atomic mass is 10.00. The molecule has 37 heavy (non-hydrogen) atoms. The molecule has 2 aliphatic heterocycles. The number of anilines is 2. The summed E-state index contributed by atoms with van der Waals surface area (Å²) in [5.41, 5.74) is 3.08. The molecule has 2 amide bonds. The van der Waals surface area contributed by atoms with E-state index in [9.17, 15) is 23.1 Å². The summed E-state index contributed by atoms with van der Waals surface area (Å²) in [5.74, 6) is 1.07. The van der Waals surface area contributed by atoms with E-state index in [2.05, 4.69) is 19.9 Å². The van der Waals surface area contributed by atoms with Gasteiger partial charge in [-0.15, -0.1) is 13.2 Å². The summed E-state index contributed by atoms with van der Waals surface area (Å²) >= 11 is 0. The number of carbonyl (C=O) groups excluding carboxylic acids is 1. The highest BCUT2D eigenvalue weighted by Gasteiger charge is 2.37. The van der Waals surface area contributed by atoms with Gasteiger partial charge in [-0.05, 0) is 55.2 Å². The van der Waals surface area contributed by atoms with Gasteiger partial charge in [-0.25, -0.2) is 4.79 Å². The van der Waals surface area contributed by atoms with Crippen LogP contribution in [-0.4, -0.2) is 85.6 Å². The molecule has 2 atom stereocenters. The number of rotatable bonds is 7. The number of amides is 2. The van der Waals surface area contributed by atoms with E-state index in [4.69, 9.17) is 9.47 Å². The number of aliphatic hydroxyl groups excluding tert-OH is 1. The molecule has 0 saturated carbocycles. The molecule has 4 rings (SSSR count). The fourth-order valence-corrected chi connectivity index (χ4v) is 4.32. The van der Waals surface area contributed by atoms with E-state index in [1.807, 2.05) is 25.1 Å². The number of morpholine rings is 1. The Bertz CT molecular complexity index is 1090. The second-order valence-corrected chi connectivity index (χ2v) is 9.14. The Balaban J connectivity index is 1.55. The van der Waals surface area contributed by atoms with Gasteiger partial charge >= 0.3 is 12.4 Å². The summed E-state index contributed by atoms with van der Waals surface area (Å²) in [6.07, 6.45) is -6.14. The molecule has 2 fully saturated rings. The quantitative estimate of drug-likeness (QED) is 0.569. The van der Waals surface area contributed by atoms with Gasteiger partial charge in [-0.3, -0.25) is 4.74 Å². The Labute approximate surface area is 213 Å². The maximum atomic E-state index is 12.7. The zero-order valence-corrected chi connectivity index (χ0v) is 20.8. The summed E-state index contributed by atoms with van der Waals surface area (Å²) in [6, 6.07) is 8.64. The summed E-state index contributed by atoms with van der Waals surface area (Å²) in [4.78, 5) is 20.8. The summed E-state index contributed by atoms with van der Waals surface area (Å²) in [5, 5.41) is 12.2. The highest BCUT2D eigenvalue weighted by atomic mass is 19.4. The summed E-state index contributed by atoms with van der Waals surface area (Å²) in [6.45, 7) is 6.07. The number of aliphatic hydroxyl groups is 1. The molecule has 2 saturated heterocycles. The molecule has 1 aromatic carbocycles. The number of ether oxygens (including phenoxy) is 3. The number of pyridine rings is 1. The van der Waals surface area contributed by atoms with Gasteiger partial charge in [-0.1, -0.05) is 6.07 Å². The van der Waals surface area contributed by atoms with E-state index < -0.39 is 24.6 Å². The first kappa shape index (κ1) is 27.0. The molecule has 0 spiro atoms. The number of benzene rings is 1. The van der Waals surface area contributed by atoms with Crippen molar-refractivity contribution in [3.8, 4) is 17.0 Å². The highest BCUT2D eigenvalue weighted by molar-refractivity contribution is 5.90. The topological polar surface area (TPSA) is 96.4 Å². The first-order valence-electron chi connectivity index (χ1n) is 12.1. The van der Waals surface area contributed by atoms with E-state index in [1.165, 1.54) is 4.90 Å². The highest BCUT2D eigenvalue weighted by Crippen LogP contribution is 2.33. The lowest BCUT2D eigenvalue weighted by molar-refractivity contribution is -0.340. The third-order valence-electron chi connectivity index (χ3n) is 6.23. The van der Waals surface area contributed by atoms with E-state index >= 15 is 0 Å². The van der Waals surface area contributed by atoms with Crippen LogP contribution in [0.1, 0.15) is 18.9 Å². The van der Waals surface area contributed by atoms with Gasteiger partial charge < -0.3 is 29.7 Å². The number of halogens is 3. The van der Waals surface area contributed by atoms with Crippen LogP contribution in [0, 0.1) is 6.92 Å². The van der Waals surface area contributed by atoms with Crippen molar-refractivity contribution < 1.29 is 37.3 Å². The van der Waals surface area contributed by atoms with Crippen molar-refractivity contribution in [3.05, 3.63) is 35.9 Å². The minimum absolute atomic E-state index is 0.114. The first-order valence-corrected chi connectivity index (χ1v) is 12.1. The molecule has 2 aliphatic rings. The molecule has 0 unspecified atom stereocenters. The van der Waals surface area contributed by atoms with Crippen LogP contribution in [0.3, 0.4) is 0 Å². The van der Waals surface area contributed by atoms with Crippen LogP contribution in [-0.2, 0) is 9.47 Å². The molecule has 1 aromatic heterocycles. The number of alkyl halides is 3. The van der Waals surface area contributed by atoms with Gasteiger partial charge in [0, 0.05) is 37.9 Å². The molecular weight excluding hydrogens is 493 g/mol. The lowest BCUT2D eigenvalue weighted by Crippen LogP contribution is -2.36. The lowest BCUT2D eigenvalue weighted by Gasteiger charge is -2.28. The van der Waals surface area contributed by atoms with Gasteiger partial charge in [0.1, 0.15) is 11.9 Å². The fourth-order valence-electron chi connectivity index (χ4n) is 4.32. The molecular formula is C25H31F3N4O5. The monoisotopic (exact) mass is 524 g/mol. The average molecular weight is 525 g/mol. The predicted molar refractivity (Wildman–Crippen MR) is 131 cm³/mol. The van der Waals surface area contributed by atoms with Crippen LogP contribution in [0.5, 0.6) is 5.88 Å². The zero-order valence-electron chi connectivity index (χ0n) is 20.8. The second kappa shape index (κ2) is 11.5. The van der Waals surface area contributed by atoms with Crippen molar-refractivity contribution in [2.75, 3.05) is 56.2 Å². The maximum Gasteiger partial charge on any atom is 0.522 e. The number of likely N-dealkylation sites (tertiary alicyclic amines) is 1. The van der Waals surface area contributed by atoms with Gasteiger partial charge in [0.25, 0.3) is 0 Å². The van der Waals surface area contributed by atoms with Gasteiger partial charge in [-0.2, -0.15) is 4.98 Å². The van der Waals surface area contributed by atoms with Crippen molar-refractivity contribution in [2.24, 2.45) is 0 Å². The van der Waals surface area contributed by atoms with Gasteiger partial charge in [0.15, 0.2) is 0 Å². The molecule has 0 aliphatic carbocycles. The SMILES string of the molecule is Cc1ccc(NC(=O)N2CC[C@@H](OC(F)(F)F)C2)cc1-c1cc(O[C@@H](C)CO)nc(N2CCOCC2)c1. The number of nitrogens with one attached hydrogen (secondary N) is 1. The second-order valence-electron chi connectivity index (χ2n) is 9.14. The standard InChI is InChI=1S/C25H31F3N4O5/c1-16-3-4-19(29-24(34)32-6-5-20(14-32)37-25(26,27)28)13-21(16)18-11-22(31-7-9-35-10-8-31)30-23(12-18)36-17(2)15-33/h3-4,11-13,17,20,33H,5-10,14-15H2,1-2H3,(H,29,34)/t17-,20+/m0/s1. The number of aromatic nitrogens is 1. The molecule has 9 nitrogen and oxygen atoms in total.